The lowest BCUT2D eigenvalue weighted by molar-refractivity contribution is -0.138. The second kappa shape index (κ2) is 11.7. The van der Waals surface area contributed by atoms with E-state index >= 15 is 0 Å². The lowest BCUT2D eigenvalue weighted by Gasteiger charge is -2.29. The van der Waals surface area contributed by atoms with Crippen molar-refractivity contribution >= 4 is 17.9 Å². The van der Waals surface area contributed by atoms with Gasteiger partial charge in [0.2, 0.25) is 5.91 Å². The van der Waals surface area contributed by atoms with Crippen molar-refractivity contribution in [2.45, 2.75) is 65.1 Å². The van der Waals surface area contributed by atoms with E-state index in [4.69, 9.17) is 17.6 Å². The van der Waals surface area contributed by atoms with Crippen molar-refractivity contribution in [2.75, 3.05) is 6.54 Å². The Morgan fingerprint density at radius 2 is 1.77 bits per heavy atom. The van der Waals surface area contributed by atoms with Gasteiger partial charge in [-0.2, -0.15) is 0 Å². The number of alkyl carbamates (subject to hydrolysis) is 1. The molecule has 0 aliphatic heterocycles. The standard InChI is InChI=1S/C24H31N3O4/c1-8-11-16-25-21(28)20(19-14-12-18(9-2)13-15-19)27(10-3)22(29)17(4)26-23(30)31-24(5,6)7/h2-3,12-15,17,20H,8,11,16H2,1,4-7H3,(H,25,28)(H,26,30). The van der Waals surface area contributed by atoms with Crippen LogP contribution in [0.4, 0.5) is 4.79 Å². The molecule has 0 fully saturated rings. The summed E-state index contributed by atoms with van der Waals surface area (Å²) in [6, 6.07) is 6.85. The number of unbranched alkanes of at least 4 members (excludes halogenated alkanes) is 1. The van der Waals surface area contributed by atoms with Crippen molar-refractivity contribution in [2.24, 2.45) is 0 Å². The number of hydrogen-bond donors (Lipinski definition) is 2. The summed E-state index contributed by atoms with van der Waals surface area (Å²) < 4.78 is 5.18. The second-order valence-corrected chi connectivity index (χ2v) is 8.02. The first-order valence-electron chi connectivity index (χ1n) is 10.2. The van der Waals surface area contributed by atoms with Crippen LogP contribution in [0.5, 0.6) is 0 Å². The largest absolute Gasteiger partial charge is 0.444 e. The topological polar surface area (TPSA) is 87.7 Å². The zero-order chi connectivity index (χ0) is 23.6. The highest BCUT2D eigenvalue weighted by atomic mass is 16.6. The summed E-state index contributed by atoms with van der Waals surface area (Å²) in [5.41, 5.74) is 0.412. The summed E-state index contributed by atoms with van der Waals surface area (Å²) in [6.07, 6.45) is 12.0. The Labute approximate surface area is 184 Å². The summed E-state index contributed by atoms with van der Waals surface area (Å²) in [4.78, 5) is 39.0. The number of ether oxygens (including phenoxy) is 1. The van der Waals surface area contributed by atoms with Crippen LogP contribution >= 0.6 is 0 Å². The van der Waals surface area contributed by atoms with Crippen molar-refractivity contribution in [3.8, 4) is 24.8 Å². The molecule has 7 heteroatoms. The molecule has 166 valence electrons. The third-order valence-corrected chi connectivity index (χ3v) is 4.21. The van der Waals surface area contributed by atoms with Gasteiger partial charge < -0.3 is 15.4 Å². The predicted molar refractivity (Wildman–Crippen MR) is 120 cm³/mol. The molecule has 0 aromatic heterocycles. The predicted octanol–water partition coefficient (Wildman–Crippen LogP) is 2.96. The smallest absolute Gasteiger partial charge is 0.408 e. The van der Waals surface area contributed by atoms with Crippen LogP contribution < -0.4 is 10.6 Å². The van der Waals surface area contributed by atoms with Gasteiger partial charge in [0.05, 0.1) is 0 Å². The highest BCUT2D eigenvalue weighted by Crippen LogP contribution is 2.22. The van der Waals surface area contributed by atoms with Gasteiger partial charge in [0.1, 0.15) is 17.7 Å². The molecular formula is C24H31N3O4. The van der Waals surface area contributed by atoms with E-state index in [1.54, 1.807) is 45.0 Å². The van der Waals surface area contributed by atoms with Crippen LogP contribution in [0.3, 0.4) is 0 Å². The SMILES string of the molecule is C#Cc1ccc(C(C(=O)NCCCC)N(C#C)C(=O)C(C)NC(=O)OC(C)(C)C)cc1. The summed E-state index contributed by atoms with van der Waals surface area (Å²) >= 11 is 0. The van der Waals surface area contributed by atoms with Crippen molar-refractivity contribution in [3.63, 3.8) is 0 Å². The number of terminal acetylenes is 2. The fourth-order valence-corrected chi connectivity index (χ4v) is 2.68. The Bertz CT molecular complexity index is 857. The lowest BCUT2D eigenvalue weighted by atomic mass is 10.0. The number of amides is 3. The van der Waals surface area contributed by atoms with E-state index in [1.807, 2.05) is 6.92 Å². The summed E-state index contributed by atoms with van der Waals surface area (Å²) in [6.45, 7) is 9.07. The number of carbonyl (C=O) groups is 3. The molecule has 7 nitrogen and oxygen atoms in total. The molecule has 1 aromatic rings. The molecule has 0 spiro atoms. The number of carbonyl (C=O) groups excluding carboxylic acids is 3. The normalized spacial score (nSPS) is 12.5. The first-order valence-corrected chi connectivity index (χ1v) is 10.2. The van der Waals surface area contributed by atoms with Crippen LogP contribution in [0, 0.1) is 24.8 Å². The van der Waals surface area contributed by atoms with Gasteiger partial charge >= 0.3 is 6.09 Å². The maximum absolute atomic E-state index is 13.0. The molecule has 0 radical (unpaired) electrons. The first kappa shape index (κ1) is 25.6. The average Bonchev–Trinajstić information content (AvgIpc) is 2.70. The zero-order valence-corrected chi connectivity index (χ0v) is 18.8. The number of nitrogens with zero attached hydrogens (tertiary/aromatic N) is 1. The van der Waals surface area contributed by atoms with Gasteiger partial charge in [0, 0.05) is 18.2 Å². The van der Waals surface area contributed by atoms with E-state index in [-0.39, 0.29) is 0 Å². The van der Waals surface area contributed by atoms with Crippen LogP contribution in [0.1, 0.15) is 64.6 Å². The van der Waals surface area contributed by atoms with Crippen molar-refractivity contribution in [1.29, 1.82) is 0 Å². The molecule has 3 amide bonds. The molecule has 0 aliphatic rings. The van der Waals surface area contributed by atoms with E-state index < -0.39 is 35.6 Å². The Morgan fingerprint density at radius 3 is 2.26 bits per heavy atom. The third-order valence-electron chi connectivity index (χ3n) is 4.21. The fraction of sp³-hybridized carbons (Fsp3) is 0.458. The van der Waals surface area contributed by atoms with Crippen molar-refractivity contribution < 1.29 is 19.1 Å². The lowest BCUT2D eigenvalue weighted by Crippen LogP contribution is -2.50. The molecule has 0 aliphatic carbocycles. The van der Waals surface area contributed by atoms with Gasteiger partial charge in [0.25, 0.3) is 5.91 Å². The Kier molecular flexibility index (Phi) is 9.63. The minimum atomic E-state index is -1.08. The van der Waals surface area contributed by atoms with E-state index in [9.17, 15) is 14.4 Å². The van der Waals surface area contributed by atoms with Crippen LogP contribution in [-0.2, 0) is 14.3 Å². The van der Waals surface area contributed by atoms with Gasteiger partial charge in [-0.05, 0) is 51.8 Å². The maximum atomic E-state index is 13.0. The molecular weight excluding hydrogens is 394 g/mol. The minimum Gasteiger partial charge on any atom is -0.444 e. The van der Waals surface area contributed by atoms with Crippen LogP contribution in [0.2, 0.25) is 0 Å². The third kappa shape index (κ3) is 8.06. The van der Waals surface area contributed by atoms with Gasteiger partial charge in [0.15, 0.2) is 0 Å². The van der Waals surface area contributed by atoms with Crippen LogP contribution in [0.25, 0.3) is 0 Å². The number of hydrogen-bond acceptors (Lipinski definition) is 4. The highest BCUT2D eigenvalue weighted by Gasteiger charge is 2.34. The first-order chi connectivity index (χ1) is 14.5. The van der Waals surface area contributed by atoms with Gasteiger partial charge in [-0.25, -0.2) is 4.79 Å². The highest BCUT2D eigenvalue weighted by molar-refractivity contribution is 5.93. The molecule has 2 unspecified atom stereocenters. The number of rotatable bonds is 8. The Morgan fingerprint density at radius 1 is 1.16 bits per heavy atom. The molecule has 0 saturated carbocycles. The van der Waals surface area contributed by atoms with Crippen molar-refractivity contribution in [3.05, 3.63) is 35.4 Å². The zero-order valence-electron chi connectivity index (χ0n) is 18.8. The maximum Gasteiger partial charge on any atom is 0.408 e. The molecule has 2 atom stereocenters. The molecule has 0 bridgehead atoms. The molecule has 2 N–H and O–H groups in total. The van der Waals surface area contributed by atoms with E-state index in [1.165, 1.54) is 6.92 Å². The molecule has 0 saturated heterocycles. The summed E-state index contributed by atoms with van der Waals surface area (Å²) in [5.74, 6) is 1.47. The average molecular weight is 426 g/mol. The second-order valence-electron chi connectivity index (χ2n) is 8.02. The molecule has 1 aromatic carbocycles. The van der Waals surface area contributed by atoms with Crippen molar-refractivity contribution in [1.82, 2.24) is 15.5 Å². The van der Waals surface area contributed by atoms with Crippen LogP contribution in [-0.4, -0.2) is 41.0 Å². The minimum absolute atomic E-state index is 0.419. The van der Waals surface area contributed by atoms with Gasteiger partial charge in [-0.3, -0.25) is 14.5 Å². The summed E-state index contributed by atoms with van der Waals surface area (Å²) in [7, 11) is 0. The Balaban J connectivity index is 3.15. The molecule has 1 rings (SSSR count). The van der Waals surface area contributed by atoms with Crippen LogP contribution in [0.15, 0.2) is 24.3 Å². The van der Waals surface area contributed by atoms with E-state index in [0.29, 0.717) is 17.7 Å². The fourth-order valence-electron chi connectivity index (χ4n) is 2.68. The monoisotopic (exact) mass is 425 g/mol. The van der Waals surface area contributed by atoms with Gasteiger partial charge in [-0.15, -0.1) is 6.42 Å². The van der Waals surface area contributed by atoms with E-state index in [0.717, 1.165) is 17.7 Å². The number of nitrogens with one attached hydrogen (secondary N) is 2. The molecule has 31 heavy (non-hydrogen) atoms. The van der Waals surface area contributed by atoms with E-state index in [2.05, 4.69) is 22.6 Å². The van der Waals surface area contributed by atoms with Gasteiger partial charge in [-0.1, -0.05) is 37.8 Å². The Hall–Kier alpha value is -3.45. The number of benzene rings is 1. The molecule has 0 heterocycles. The quantitative estimate of drug-likeness (QED) is 0.381. The summed E-state index contributed by atoms with van der Waals surface area (Å²) in [5, 5.41) is 5.27.